The summed E-state index contributed by atoms with van der Waals surface area (Å²) in [4.78, 5) is 24.2. The van der Waals surface area contributed by atoms with Gasteiger partial charge in [-0.15, -0.1) is 11.8 Å². The highest BCUT2D eigenvalue weighted by Crippen LogP contribution is 2.45. The molecule has 1 aromatic carbocycles. The van der Waals surface area contributed by atoms with E-state index in [0.29, 0.717) is 16.9 Å². The molecule has 4 rings (SSSR count). The van der Waals surface area contributed by atoms with Crippen molar-refractivity contribution in [3.63, 3.8) is 0 Å². The number of fused-ring (bicyclic) bond motifs is 1. The van der Waals surface area contributed by atoms with Crippen molar-refractivity contribution >= 4 is 34.3 Å². The number of nitrogens with zero attached hydrogens (tertiary/aromatic N) is 2. The molecular weight excluding hydrogens is 452 g/mol. The van der Waals surface area contributed by atoms with Crippen molar-refractivity contribution in [1.82, 2.24) is 9.13 Å². The number of aromatic nitrogens is 2. The number of thioether (sulfide) groups is 1. The van der Waals surface area contributed by atoms with Gasteiger partial charge in [-0.25, -0.2) is 13.8 Å². The van der Waals surface area contributed by atoms with E-state index in [2.05, 4.69) is 0 Å². The lowest BCUT2D eigenvalue weighted by molar-refractivity contribution is -0.144. The quantitative estimate of drug-likeness (QED) is 0.536. The monoisotopic (exact) mass is 464 g/mol. The molecule has 12 heteroatoms. The molecule has 0 aliphatic carbocycles. The fraction of sp³-hybridized carbons (Fsp3) is 0.333. The van der Waals surface area contributed by atoms with Crippen LogP contribution in [0, 0.1) is 5.82 Å². The fourth-order valence-electron chi connectivity index (χ4n) is 3.30. The zero-order valence-electron chi connectivity index (χ0n) is 15.5. The summed E-state index contributed by atoms with van der Waals surface area (Å²) in [6.07, 6.45) is -4.94. The Morgan fingerprint density at radius 1 is 1.23 bits per heavy atom. The Kier molecular flexibility index (Phi) is 4.83. The summed E-state index contributed by atoms with van der Waals surface area (Å²) in [6.45, 7) is 2.18. The van der Waals surface area contributed by atoms with Crippen LogP contribution in [0.1, 0.15) is 18.4 Å². The van der Waals surface area contributed by atoms with Gasteiger partial charge in [0.1, 0.15) is 17.1 Å². The van der Waals surface area contributed by atoms with E-state index in [1.165, 1.54) is 17.8 Å². The largest absolute Gasteiger partial charge is 0.455 e. The average molecular weight is 465 g/mol. The lowest BCUT2D eigenvalue weighted by atomic mass is 10.2. The minimum atomic E-state index is -4.94. The van der Waals surface area contributed by atoms with Gasteiger partial charge in [-0.05, 0) is 19.1 Å². The lowest BCUT2D eigenvalue weighted by Crippen LogP contribution is -2.41. The smallest absolute Gasteiger partial charge is 0.431 e. The molecule has 1 aliphatic rings. The SMILES string of the molecule is Cn1c(C(F)(F)F)cc(=O)n(-c2c(F)cc(Cl)c3cc(C4(C)OCCS4)oc23)c1=O. The fourth-order valence-corrected chi connectivity index (χ4v) is 4.50. The molecule has 2 aromatic heterocycles. The lowest BCUT2D eigenvalue weighted by Gasteiger charge is -2.18. The number of benzene rings is 1. The van der Waals surface area contributed by atoms with Gasteiger partial charge < -0.3 is 9.15 Å². The van der Waals surface area contributed by atoms with Crippen molar-refractivity contribution in [3.8, 4) is 5.69 Å². The maximum Gasteiger partial charge on any atom is 0.431 e. The number of furan rings is 1. The maximum atomic E-state index is 14.9. The van der Waals surface area contributed by atoms with Crippen LogP contribution in [0.2, 0.25) is 5.02 Å². The molecule has 1 saturated heterocycles. The summed E-state index contributed by atoms with van der Waals surface area (Å²) in [5, 5.41) is 0.138. The third-order valence-corrected chi connectivity index (χ3v) is 6.36. The molecule has 0 radical (unpaired) electrons. The van der Waals surface area contributed by atoms with E-state index in [1.807, 2.05) is 0 Å². The molecule has 1 aliphatic heterocycles. The minimum Gasteiger partial charge on any atom is -0.455 e. The van der Waals surface area contributed by atoms with E-state index in [9.17, 15) is 27.2 Å². The number of rotatable bonds is 2. The van der Waals surface area contributed by atoms with E-state index < -0.39 is 39.6 Å². The number of hydrogen-bond donors (Lipinski definition) is 0. The summed E-state index contributed by atoms with van der Waals surface area (Å²) < 4.78 is 66.1. The molecule has 1 fully saturated rings. The first-order valence-electron chi connectivity index (χ1n) is 8.54. The van der Waals surface area contributed by atoms with Gasteiger partial charge in [-0.1, -0.05) is 11.6 Å². The Morgan fingerprint density at radius 2 is 1.93 bits per heavy atom. The Hall–Kier alpha value is -2.24. The van der Waals surface area contributed by atoms with Crippen LogP contribution in [0.3, 0.4) is 0 Å². The molecule has 6 nitrogen and oxygen atoms in total. The standard InChI is InChI=1S/C18H13ClF4N2O4S/c1-17(28-3-4-30-17)12-5-8-9(19)6-10(20)14(15(8)29-12)25-13(26)7-11(18(21,22)23)24(2)16(25)27/h5-7H,3-4H2,1-2H3. The molecule has 1 atom stereocenters. The van der Waals surface area contributed by atoms with E-state index in [-0.39, 0.29) is 32.4 Å². The van der Waals surface area contributed by atoms with E-state index >= 15 is 0 Å². The summed E-state index contributed by atoms with van der Waals surface area (Å²) in [5.41, 5.74) is -5.06. The topological polar surface area (TPSA) is 66.4 Å². The van der Waals surface area contributed by atoms with Crippen molar-refractivity contribution in [2.45, 2.75) is 18.0 Å². The summed E-state index contributed by atoms with van der Waals surface area (Å²) in [7, 11) is 0.837. The van der Waals surface area contributed by atoms with E-state index in [0.717, 1.165) is 13.1 Å². The first kappa shape index (κ1) is 21.0. The molecule has 0 saturated carbocycles. The second-order valence-corrected chi connectivity index (χ2v) is 8.61. The molecule has 1 unspecified atom stereocenters. The summed E-state index contributed by atoms with van der Waals surface area (Å²) in [5.74, 6) is -0.149. The second kappa shape index (κ2) is 6.89. The Morgan fingerprint density at radius 3 is 2.53 bits per heavy atom. The Labute approximate surface area is 175 Å². The third-order valence-electron chi connectivity index (χ3n) is 4.80. The van der Waals surface area contributed by atoms with Crippen molar-refractivity contribution in [2.75, 3.05) is 12.4 Å². The van der Waals surface area contributed by atoms with Crippen molar-refractivity contribution in [3.05, 3.63) is 61.3 Å². The first-order chi connectivity index (χ1) is 13.9. The van der Waals surface area contributed by atoms with Gasteiger partial charge in [0.15, 0.2) is 16.3 Å². The minimum absolute atomic E-state index is 0.0513. The molecule has 0 N–H and O–H groups in total. The average Bonchev–Trinajstić information content (AvgIpc) is 3.28. The predicted molar refractivity (Wildman–Crippen MR) is 103 cm³/mol. The first-order valence-corrected chi connectivity index (χ1v) is 9.91. The number of hydrogen-bond acceptors (Lipinski definition) is 5. The molecule has 30 heavy (non-hydrogen) atoms. The van der Waals surface area contributed by atoms with Gasteiger partial charge >= 0.3 is 11.9 Å². The molecule has 0 spiro atoms. The van der Waals surface area contributed by atoms with Crippen LogP contribution < -0.4 is 11.2 Å². The predicted octanol–water partition coefficient (Wildman–Crippen LogP) is 4.03. The van der Waals surface area contributed by atoms with Crippen LogP contribution in [0.4, 0.5) is 17.6 Å². The van der Waals surface area contributed by atoms with E-state index in [1.54, 1.807) is 6.92 Å². The Balaban J connectivity index is 2.05. The molecule has 3 aromatic rings. The van der Waals surface area contributed by atoms with Crippen LogP contribution in [0.5, 0.6) is 0 Å². The normalized spacial score (nSPS) is 19.7. The highest BCUT2D eigenvalue weighted by atomic mass is 35.5. The highest BCUT2D eigenvalue weighted by Gasteiger charge is 2.38. The Bertz CT molecular complexity index is 1290. The number of ether oxygens (including phenoxy) is 1. The molecule has 3 heterocycles. The van der Waals surface area contributed by atoms with Gasteiger partial charge in [0.2, 0.25) is 0 Å². The maximum absolute atomic E-state index is 14.9. The van der Waals surface area contributed by atoms with E-state index in [4.69, 9.17) is 20.8 Å². The van der Waals surface area contributed by atoms with Crippen molar-refractivity contribution < 1.29 is 26.7 Å². The summed E-state index contributed by atoms with van der Waals surface area (Å²) in [6, 6.07) is 2.59. The second-order valence-electron chi connectivity index (χ2n) is 6.73. The zero-order chi connectivity index (χ0) is 22.0. The number of alkyl halides is 3. The van der Waals surface area contributed by atoms with Crippen LogP contribution in [0.15, 0.2) is 32.2 Å². The van der Waals surface area contributed by atoms with Crippen LogP contribution >= 0.6 is 23.4 Å². The third kappa shape index (κ3) is 3.15. The van der Waals surface area contributed by atoms with Gasteiger partial charge in [0.25, 0.3) is 5.56 Å². The van der Waals surface area contributed by atoms with Crippen LogP contribution in [-0.4, -0.2) is 21.5 Å². The van der Waals surface area contributed by atoms with Crippen molar-refractivity contribution in [1.29, 1.82) is 0 Å². The van der Waals surface area contributed by atoms with Crippen LogP contribution in [-0.2, 0) is 22.9 Å². The summed E-state index contributed by atoms with van der Waals surface area (Å²) >= 11 is 7.54. The van der Waals surface area contributed by atoms with Gasteiger partial charge in [-0.2, -0.15) is 13.2 Å². The molecule has 0 amide bonds. The molecular formula is C18H13ClF4N2O4S. The van der Waals surface area contributed by atoms with Gasteiger partial charge in [-0.3, -0.25) is 9.36 Å². The van der Waals surface area contributed by atoms with Gasteiger partial charge in [0.05, 0.1) is 11.6 Å². The van der Waals surface area contributed by atoms with Crippen molar-refractivity contribution in [2.24, 2.45) is 7.05 Å². The zero-order valence-corrected chi connectivity index (χ0v) is 17.0. The van der Waals surface area contributed by atoms with Crippen LogP contribution in [0.25, 0.3) is 16.7 Å². The number of halogens is 5. The molecule has 160 valence electrons. The molecule has 0 bridgehead atoms. The van der Waals surface area contributed by atoms with Gasteiger partial charge in [0, 0.05) is 24.3 Å². The highest BCUT2D eigenvalue weighted by molar-refractivity contribution is 8.00.